The van der Waals surface area contributed by atoms with Crippen molar-refractivity contribution in [2.75, 3.05) is 7.11 Å². The average molecular weight is 278 g/mol. The molecule has 1 fully saturated rings. The maximum absolute atomic E-state index is 12.0. The molecule has 112 valence electrons. The lowest BCUT2D eigenvalue weighted by Crippen LogP contribution is -2.34. The van der Waals surface area contributed by atoms with Crippen molar-refractivity contribution in [1.82, 2.24) is 9.97 Å². The van der Waals surface area contributed by atoms with E-state index >= 15 is 0 Å². The lowest BCUT2D eigenvalue weighted by Gasteiger charge is -2.31. The maximum Gasteiger partial charge on any atom is 0.251 e. The fraction of sp³-hybridized carbons (Fsp3) is 0.750. The van der Waals surface area contributed by atoms with Gasteiger partial charge in [-0.05, 0) is 12.8 Å². The Bertz CT molecular complexity index is 506. The molecule has 0 aliphatic heterocycles. The summed E-state index contributed by atoms with van der Waals surface area (Å²) in [4.78, 5) is 19.6. The Balaban J connectivity index is 2.49. The fourth-order valence-electron chi connectivity index (χ4n) is 2.89. The molecule has 0 atom stereocenters. The van der Waals surface area contributed by atoms with Crippen LogP contribution in [0.5, 0.6) is 0 Å². The molecule has 0 amide bonds. The number of ether oxygens (including phenoxy) is 1. The Morgan fingerprint density at radius 2 is 1.80 bits per heavy atom. The first-order valence-electron chi connectivity index (χ1n) is 7.55. The molecular weight excluding hydrogens is 252 g/mol. The summed E-state index contributed by atoms with van der Waals surface area (Å²) in [6.07, 6.45) is 6.57. The van der Waals surface area contributed by atoms with E-state index in [4.69, 9.17) is 9.72 Å². The van der Waals surface area contributed by atoms with Crippen molar-refractivity contribution in [3.63, 3.8) is 0 Å². The second kappa shape index (κ2) is 5.68. The Labute approximate surface area is 121 Å². The highest BCUT2D eigenvalue weighted by molar-refractivity contribution is 5.15. The molecule has 1 N–H and O–H groups in total. The first kappa shape index (κ1) is 15.2. The maximum atomic E-state index is 12.0. The van der Waals surface area contributed by atoms with E-state index in [0.29, 0.717) is 5.82 Å². The van der Waals surface area contributed by atoms with E-state index in [2.05, 4.69) is 25.8 Å². The first-order valence-corrected chi connectivity index (χ1v) is 7.55. The zero-order valence-corrected chi connectivity index (χ0v) is 13.1. The smallest absolute Gasteiger partial charge is 0.251 e. The number of hydrogen-bond donors (Lipinski definition) is 1. The molecule has 0 bridgehead atoms. The summed E-state index contributed by atoms with van der Waals surface area (Å²) >= 11 is 0. The molecule has 1 aromatic rings. The molecule has 0 aromatic carbocycles. The number of aromatic nitrogens is 2. The van der Waals surface area contributed by atoms with Crippen molar-refractivity contribution >= 4 is 0 Å². The number of nitrogens with one attached hydrogen (secondary N) is 1. The van der Waals surface area contributed by atoms with E-state index in [9.17, 15) is 4.79 Å². The molecule has 2 rings (SSSR count). The van der Waals surface area contributed by atoms with Gasteiger partial charge in [0.2, 0.25) is 0 Å². The van der Waals surface area contributed by atoms with Gasteiger partial charge in [0.25, 0.3) is 5.56 Å². The van der Waals surface area contributed by atoms with E-state index in [1.165, 1.54) is 12.8 Å². The molecule has 0 saturated heterocycles. The SMILES string of the molecule is COC1(c2nc(C(C)(C)C)cc(=O)[nH]2)CCCCCC1. The normalized spacial score (nSPS) is 19.6. The van der Waals surface area contributed by atoms with Crippen LogP contribution in [0.25, 0.3) is 0 Å². The number of H-pyrrole nitrogens is 1. The highest BCUT2D eigenvalue weighted by Gasteiger charge is 2.36. The lowest BCUT2D eigenvalue weighted by molar-refractivity contribution is -0.0356. The number of nitrogens with zero attached hydrogens (tertiary/aromatic N) is 1. The molecule has 1 aromatic heterocycles. The minimum absolute atomic E-state index is 0.0828. The molecule has 1 aliphatic rings. The third kappa shape index (κ3) is 3.11. The molecule has 20 heavy (non-hydrogen) atoms. The van der Waals surface area contributed by atoms with Crippen LogP contribution in [-0.4, -0.2) is 17.1 Å². The molecule has 1 saturated carbocycles. The van der Waals surface area contributed by atoms with Crippen molar-refractivity contribution in [2.45, 2.75) is 70.3 Å². The van der Waals surface area contributed by atoms with Gasteiger partial charge < -0.3 is 9.72 Å². The quantitative estimate of drug-likeness (QED) is 0.845. The topological polar surface area (TPSA) is 55.0 Å². The van der Waals surface area contributed by atoms with Crippen molar-refractivity contribution in [3.8, 4) is 0 Å². The largest absolute Gasteiger partial charge is 0.370 e. The molecule has 1 heterocycles. The van der Waals surface area contributed by atoms with Crippen molar-refractivity contribution in [1.29, 1.82) is 0 Å². The highest BCUT2D eigenvalue weighted by atomic mass is 16.5. The predicted molar refractivity (Wildman–Crippen MR) is 79.9 cm³/mol. The Kier molecular flexibility index (Phi) is 4.33. The molecule has 0 unspecified atom stereocenters. The zero-order valence-electron chi connectivity index (χ0n) is 13.1. The third-order valence-electron chi connectivity index (χ3n) is 4.24. The number of aromatic amines is 1. The summed E-state index contributed by atoms with van der Waals surface area (Å²) in [7, 11) is 1.73. The fourth-order valence-corrected chi connectivity index (χ4v) is 2.89. The van der Waals surface area contributed by atoms with Gasteiger partial charge in [-0.3, -0.25) is 4.79 Å². The molecule has 0 spiro atoms. The summed E-state index contributed by atoms with van der Waals surface area (Å²) < 4.78 is 5.83. The van der Waals surface area contributed by atoms with E-state index in [1.54, 1.807) is 13.2 Å². The van der Waals surface area contributed by atoms with Crippen LogP contribution in [0.1, 0.15) is 70.8 Å². The van der Waals surface area contributed by atoms with Crippen LogP contribution < -0.4 is 5.56 Å². The minimum atomic E-state index is -0.420. The molecule has 1 aliphatic carbocycles. The van der Waals surface area contributed by atoms with Crippen LogP contribution in [0.3, 0.4) is 0 Å². The molecule has 4 nitrogen and oxygen atoms in total. The second-order valence-electron chi connectivity index (χ2n) is 6.84. The Morgan fingerprint density at radius 1 is 1.20 bits per heavy atom. The van der Waals surface area contributed by atoms with Crippen LogP contribution in [0, 0.1) is 0 Å². The van der Waals surface area contributed by atoms with Gasteiger partial charge in [0, 0.05) is 18.6 Å². The molecular formula is C16H26N2O2. The van der Waals surface area contributed by atoms with Crippen molar-refractivity contribution in [3.05, 3.63) is 27.9 Å². The van der Waals surface area contributed by atoms with Crippen LogP contribution >= 0.6 is 0 Å². The second-order valence-corrected chi connectivity index (χ2v) is 6.84. The first-order chi connectivity index (χ1) is 9.37. The van der Waals surface area contributed by atoms with Gasteiger partial charge in [-0.15, -0.1) is 0 Å². The third-order valence-corrected chi connectivity index (χ3v) is 4.24. The van der Waals surface area contributed by atoms with Gasteiger partial charge in [-0.25, -0.2) is 4.98 Å². The average Bonchev–Trinajstić information content (AvgIpc) is 2.63. The number of methoxy groups -OCH3 is 1. The standard InChI is InChI=1S/C16H26N2O2/c1-15(2,3)12-11-13(19)18-14(17-12)16(20-4)9-7-5-6-8-10-16/h11H,5-10H2,1-4H3,(H,17,18,19). The van der Waals surface area contributed by atoms with E-state index < -0.39 is 5.60 Å². The van der Waals surface area contributed by atoms with Crippen LogP contribution in [0.2, 0.25) is 0 Å². The number of rotatable bonds is 2. The van der Waals surface area contributed by atoms with Crippen LogP contribution in [0.4, 0.5) is 0 Å². The molecule has 4 heteroatoms. The summed E-state index contributed by atoms with van der Waals surface area (Å²) in [5.74, 6) is 0.708. The van der Waals surface area contributed by atoms with Gasteiger partial charge in [0.05, 0.1) is 5.69 Å². The van der Waals surface area contributed by atoms with Crippen LogP contribution in [0.15, 0.2) is 10.9 Å². The summed E-state index contributed by atoms with van der Waals surface area (Å²) in [5, 5.41) is 0. The van der Waals surface area contributed by atoms with E-state index in [1.807, 2.05) is 0 Å². The van der Waals surface area contributed by atoms with Gasteiger partial charge >= 0.3 is 0 Å². The van der Waals surface area contributed by atoms with E-state index in [-0.39, 0.29) is 11.0 Å². The molecule has 0 radical (unpaired) electrons. The van der Waals surface area contributed by atoms with E-state index in [0.717, 1.165) is 31.4 Å². The number of hydrogen-bond acceptors (Lipinski definition) is 3. The summed E-state index contributed by atoms with van der Waals surface area (Å²) in [6, 6.07) is 1.60. The summed E-state index contributed by atoms with van der Waals surface area (Å²) in [5.41, 5.74) is 0.192. The van der Waals surface area contributed by atoms with Gasteiger partial charge in [-0.2, -0.15) is 0 Å². The van der Waals surface area contributed by atoms with Crippen molar-refractivity contribution < 1.29 is 4.74 Å². The van der Waals surface area contributed by atoms with Gasteiger partial charge in [0.15, 0.2) is 0 Å². The highest BCUT2D eigenvalue weighted by Crippen LogP contribution is 2.37. The lowest BCUT2D eigenvalue weighted by atomic mass is 9.90. The monoisotopic (exact) mass is 278 g/mol. The Hall–Kier alpha value is -1.16. The zero-order chi connectivity index (χ0) is 14.8. The summed E-state index contributed by atoms with van der Waals surface area (Å²) in [6.45, 7) is 6.22. The van der Waals surface area contributed by atoms with Crippen molar-refractivity contribution in [2.24, 2.45) is 0 Å². The van der Waals surface area contributed by atoms with Crippen LogP contribution in [-0.2, 0) is 15.8 Å². The van der Waals surface area contributed by atoms with Gasteiger partial charge in [-0.1, -0.05) is 46.5 Å². The van der Waals surface area contributed by atoms with Gasteiger partial charge in [0.1, 0.15) is 11.4 Å². The minimum Gasteiger partial charge on any atom is -0.370 e. The Morgan fingerprint density at radius 3 is 2.30 bits per heavy atom. The predicted octanol–water partition coefficient (Wildman–Crippen LogP) is 3.26.